The zero-order valence-corrected chi connectivity index (χ0v) is 12.4. The molecule has 2 rings (SSSR count). The summed E-state index contributed by atoms with van der Waals surface area (Å²) >= 11 is 0. The molecule has 2 N–H and O–H groups in total. The van der Waals surface area contributed by atoms with Gasteiger partial charge < -0.3 is 10.6 Å². The molecule has 0 unspecified atom stereocenters. The third-order valence-electron chi connectivity index (χ3n) is 3.61. The van der Waals surface area contributed by atoms with Crippen LogP contribution in [0, 0.1) is 0 Å². The molecule has 112 valence electrons. The Kier molecular flexibility index (Phi) is 5.55. The Morgan fingerprint density at radius 2 is 1.76 bits per heavy atom. The molecule has 0 aromatic heterocycles. The lowest BCUT2D eigenvalue weighted by Crippen LogP contribution is -2.40. The van der Waals surface area contributed by atoms with Crippen LogP contribution in [-0.4, -0.2) is 17.9 Å². The molecule has 1 fully saturated rings. The number of hydrogen-bond donors (Lipinski definition) is 2. The smallest absolute Gasteiger partial charge is 0.268 e. The number of hydrogen-bond acceptors (Lipinski definition) is 2. The van der Waals surface area contributed by atoms with Crippen LogP contribution in [0.1, 0.15) is 44.6 Å². The summed E-state index contributed by atoms with van der Waals surface area (Å²) in [6.07, 6.45) is 7.30. The lowest BCUT2D eigenvalue weighted by molar-refractivity contribution is -0.122. The standard InChI is InChI=1S/C17H22N2O2/c1-13(20)18-16(12-14-8-4-2-5-9-14)17(21)19-15-10-6-3-7-11-15/h2,4-5,8-9,12,15H,3,6-7,10-11H2,1H3,(H,18,20)(H,19,21)/b16-12-. The van der Waals surface area contributed by atoms with Gasteiger partial charge in [0.05, 0.1) is 0 Å². The van der Waals surface area contributed by atoms with E-state index in [4.69, 9.17) is 0 Å². The van der Waals surface area contributed by atoms with Crippen LogP contribution in [0.2, 0.25) is 0 Å². The van der Waals surface area contributed by atoms with Gasteiger partial charge in [-0.25, -0.2) is 0 Å². The van der Waals surface area contributed by atoms with Crippen LogP contribution in [-0.2, 0) is 9.59 Å². The highest BCUT2D eigenvalue weighted by molar-refractivity contribution is 6.01. The first-order valence-corrected chi connectivity index (χ1v) is 7.50. The van der Waals surface area contributed by atoms with Crippen LogP contribution in [0.3, 0.4) is 0 Å². The van der Waals surface area contributed by atoms with E-state index in [0.29, 0.717) is 5.70 Å². The second-order valence-corrected chi connectivity index (χ2v) is 5.46. The first kappa shape index (κ1) is 15.3. The molecule has 2 amide bonds. The van der Waals surface area contributed by atoms with Crippen molar-refractivity contribution in [1.82, 2.24) is 10.6 Å². The minimum Gasteiger partial charge on any atom is -0.348 e. The average molecular weight is 286 g/mol. The van der Waals surface area contributed by atoms with Crippen LogP contribution < -0.4 is 10.6 Å². The van der Waals surface area contributed by atoms with Crippen molar-refractivity contribution in [2.24, 2.45) is 0 Å². The fourth-order valence-corrected chi connectivity index (χ4v) is 2.57. The van der Waals surface area contributed by atoms with Crippen molar-refractivity contribution in [2.75, 3.05) is 0 Å². The maximum absolute atomic E-state index is 12.4. The van der Waals surface area contributed by atoms with E-state index in [-0.39, 0.29) is 17.9 Å². The van der Waals surface area contributed by atoms with Crippen LogP contribution >= 0.6 is 0 Å². The summed E-state index contributed by atoms with van der Waals surface area (Å²) in [5, 5.41) is 5.65. The Balaban J connectivity index is 2.09. The highest BCUT2D eigenvalue weighted by atomic mass is 16.2. The van der Waals surface area contributed by atoms with Crippen LogP contribution in [0.5, 0.6) is 0 Å². The third-order valence-corrected chi connectivity index (χ3v) is 3.61. The molecule has 1 aliphatic rings. The van der Waals surface area contributed by atoms with E-state index < -0.39 is 0 Å². The van der Waals surface area contributed by atoms with Crippen molar-refractivity contribution in [3.05, 3.63) is 41.6 Å². The van der Waals surface area contributed by atoms with Crippen molar-refractivity contribution in [1.29, 1.82) is 0 Å². The number of carbonyl (C=O) groups excluding carboxylic acids is 2. The maximum Gasteiger partial charge on any atom is 0.268 e. The second-order valence-electron chi connectivity index (χ2n) is 5.46. The lowest BCUT2D eigenvalue weighted by atomic mass is 9.95. The zero-order valence-electron chi connectivity index (χ0n) is 12.4. The zero-order chi connectivity index (χ0) is 15.1. The minimum atomic E-state index is -0.240. The maximum atomic E-state index is 12.4. The summed E-state index contributed by atoms with van der Waals surface area (Å²) in [7, 11) is 0. The molecule has 0 aliphatic heterocycles. The van der Waals surface area contributed by atoms with Crippen LogP contribution in [0.4, 0.5) is 0 Å². The van der Waals surface area contributed by atoms with E-state index in [2.05, 4.69) is 10.6 Å². The predicted octanol–water partition coefficient (Wildman–Crippen LogP) is 2.61. The van der Waals surface area contributed by atoms with Crippen molar-refractivity contribution in [3.63, 3.8) is 0 Å². The molecular formula is C17H22N2O2. The molecule has 0 spiro atoms. The van der Waals surface area contributed by atoms with Gasteiger partial charge in [0.25, 0.3) is 5.91 Å². The molecule has 0 radical (unpaired) electrons. The average Bonchev–Trinajstić information content (AvgIpc) is 2.48. The van der Waals surface area contributed by atoms with Crippen LogP contribution in [0.15, 0.2) is 36.0 Å². The topological polar surface area (TPSA) is 58.2 Å². The molecule has 21 heavy (non-hydrogen) atoms. The number of carbonyl (C=O) groups is 2. The summed E-state index contributed by atoms with van der Waals surface area (Å²) in [5.74, 6) is -0.447. The van der Waals surface area contributed by atoms with Gasteiger partial charge in [0.2, 0.25) is 5.91 Å². The number of amides is 2. The van der Waals surface area contributed by atoms with E-state index in [1.165, 1.54) is 13.3 Å². The summed E-state index contributed by atoms with van der Waals surface area (Å²) in [6, 6.07) is 9.73. The summed E-state index contributed by atoms with van der Waals surface area (Å²) < 4.78 is 0. The van der Waals surface area contributed by atoms with E-state index in [9.17, 15) is 9.59 Å². The Labute approximate surface area is 125 Å². The van der Waals surface area contributed by atoms with Gasteiger partial charge in [0, 0.05) is 13.0 Å². The molecule has 0 heterocycles. The molecule has 1 aromatic rings. The van der Waals surface area contributed by atoms with Gasteiger partial charge in [-0.1, -0.05) is 49.6 Å². The first-order chi connectivity index (χ1) is 10.1. The molecule has 0 saturated heterocycles. The Hall–Kier alpha value is -2.10. The highest BCUT2D eigenvalue weighted by Crippen LogP contribution is 2.17. The van der Waals surface area contributed by atoms with Crippen molar-refractivity contribution >= 4 is 17.9 Å². The Morgan fingerprint density at radius 3 is 2.38 bits per heavy atom. The molecule has 0 atom stereocenters. The summed E-state index contributed by atoms with van der Waals surface area (Å²) in [6.45, 7) is 1.41. The van der Waals surface area contributed by atoms with Gasteiger partial charge in [0.15, 0.2) is 0 Å². The minimum absolute atomic E-state index is 0.207. The van der Waals surface area contributed by atoms with E-state index in [0.717, 1.165) is 31.2 Å². The predicted molar refractivity (Wildman–Crippen MR) is 83.3 cm³/mol. The largest absolute Gasteiger partial charge is 0.348 e. The third kappa shape index (κ3) is 5.06. The normalized spacial score (nSPS) is 16.3. The lowest BCUT2D eigenvalue weighted by Gasteiger charge is -2.23. The van der Waals surface area contributed by atoms with Crippen molar-refractivity contribution < 1.29 is 9.59 Å². The fourth-order valence-electron chi connectivity index (χ4n) is 2.57. The number of nitrogens with one attached hydrogen (secondary N) is 2. The van der Waals surface area contributed by atoms with Gasteiger partial charge >= 0.3 is 0 Å². The van der Waals surface area contributed by atoms with Gasteiger partial charge in [0.1, 0.15) is 5.70 Å². The van der Waals surface area contributed by atoms with E-state index in [1.807, 2.05) is 30.3 Å². The molecular weight excluding hydrogens is 264 g/mol. The molecule has 1 aliphatic carbocycles. The Morgan fingerprint density at radius 1 is 1.10 bits per heavy atom. The molecule has 1 saturated carbocycles. The summed E-state index contributed by atoms with van der Waals surface area (Å²) in [4.78, 5) is 23.7. The monoisotopic (exact) mass is 286 g/mol. The molecule has 0 bridgehead atoms. The van der Waals surface area contributed by atoms with Crippen LogP contribution in [0.25, 0.3) is 6.08 Å². The molecule has 1 aromatic carbocycles. The van der Waals surface area contributed by atoms with E-state index in [1.54, 1.807) is 6.08 Å². The van der Waals surface area contributed by atoms with Gasteiger partial charge in [-0.15, -0.1) is 0 Å². The number of benzene rings is 1. The Bertz CT molecular complexity index is 517. The van der Waals surface area contributed by atoms with Crippen molar-refractivity contribution in [2.45, 2.75) is 45.1 Å². The second kappa shape index (κ2) is 7.62. The SMILES string of the molecule is CC(=O)N/C(=C\c1ccccc1)C(=O)NC1CCCCC1. The quantitative estimate of drug-likeness (QED) is 0.836. The summed E-state index contributed by atoms with van der Waals surface area (Å²) in [5.41, 5.74) is 1.19. The van der Waals surface area contributed by atoms with E-state index >= 15 is 0 Å². The first-order valence-electron chi connectivity index (χ1n) is 7.50. The fraction of sp³-hybridized carbons (Fsp3) is 0.412. The highest BCUT2D eigenvalue weighted by Gasteiger charge is 2.18. The molecule has 4 heteroatoms. The number of rotatable bonds is 4. The van der Waals surface area contributed by atoms with Gasteiger partial charge in [-0.05, 0) is 24.5 Å². The van der Waals surface area contributed by atoms with Crippen molar-refractivity contribution in [3.8, 4) is 0 Å². The molecule has 4 nitrogen and oxygen atoms in total. The van der Waals surface area contributed by atoms with Gasteiger partial charge in [-0.3, -0.25) is 9.59 Å². The van der Waals surface area contributed by atoms with Gasteiger partial charge in [-0.2, -0.15) is 0 Å².